The van der Waals surface area contributed by atoms with Crippen molar-refractivity contribution in [3.8, 4) is 0 Å². The third-order valence-electron chi connectivity index (χ3n) is 5.80. The Morgan fingerprint density at radius 3 is 2.24 bits per heavy atom. The second-order valence-electron chi connectivity index (χ2n) is 8.17. The van der Waals surface area contributed by atoms with Gasteiger partial charge in [0.05, 0.1) is 6.61 Å². The van der Waals surface area contributed by atoms with Gasteiger partial charge >= 0.3 is 0 Å². The van der Waals surface area contributed by atoms with Crippen LogP contribution >= 0.6 is 0 Å². The summed E-state index contributed by atoms with van der Waals surface area (Å²) >= 11 is 0. The maximum Gasteiger partial charge on any atom is 0.0611 e. The minimum atomic E-state index is -0.131. The van der Waals surface area contributed by atoms with Crippen molar-refractivity contribution in [1.29, 1.82) is 0 Å². The molecule has 0 aromatic heterocycles. The van der Waals surface area contributed by atoms with Crippen LogP contribution in [0, 0.1) is 5.41 Å². The zero-order valence-corrected chi connectivity index (χ0v) is 14.5. The van der Waals surface area contributed by atoms with E-state index in [4.69, 9.17) is 0 Å². The molecule has 2 fully saturated rings. The molecular formula is C18H36N2O. The van der Waals surface area contributed by atoms with Crippen molar-refractivity contribution < 1.29 is 5.11 Å². The molecular weight excluding hydrogens is 260 g/mol. The molecule has 2 rings (SSSR count). The van der Waals surface area contributed by atoms with Gasteiger partial charge in [0.2, 0.25) is 0 Å². The Morgan fingerprint density at radius 2 is 1.71 bits per heavy atom. The first-order valence-electron chi connectivity index (χ1n) is 9.08. The highest BCUT2D eigenvalue weighted by atomic mass is 16.3. The SMILES string of the molecule is CC(C)NC(C)(CO)CCN1CCC2(CCCCC2)CC1. The molecule has 0 aromatic carbocycles. The van der Waals surface area contributed by atoms with E-state index in [1.165, 1.54) is 58.0 Å². The van der Waals surface area contributed by atoms with Crippen molar-refractivity contribution >= 4 is 0 Å². The third kappa shape index (κ3) is 4.94. The molecule has 1 aliphatic carbocycles. The number of aliphatic hydroxyl groups excluding tert-OH is 1. The summed E-state index contributed by atoms with van der Waals surface area (Å²) in [5.41, 5.74) is 0.569. The summed E-state index contributed by atoms with van der Waals surface area (Å²) in [6.07, 6.45) is 11.2. The molecule has 1 atom stereocenters. The highest BCUT2D eigenvalue weighted by Crippen LogP contribution is 2.44. The fourth-order valence-corrected chi connectivity index (χ4v) is 4.35. The maximum atomic E-state index is 9.68. The largest absolute Gasteiger partial charge is 0.394 e. The van der Waals surface area contributed by atoms with Crippen LogP contribution in [-0.4, -0.2) is 47.8 Å². The molecule has 3 heteroatoms. The molecule has 1 spiro atoms. The lowest BCUT2D eigenvalue weighted by Gasteiger charge is -2.45. The summed E-state index contributed by atoms with van der Waals surface area (Å²) in [5, 5.41) is 13.2. The van der Waals surface area contributed by atoms with E-state index in [1.807, 2.05) is 0 Å². The summed E-state index contributed by atoms with van der Waals surface area (Å²) in [4.78, 5) is 2.62. The minimum absolute atomic E-state index is 0.131. The van der Waals surface area contributed by atoms with Crippen molar-refractivity contribution in [2.75, 3.05) is 26.2 Å². The Kier molecular flexibility index (Phi) is 6.10. The average molecular weight is 296 g/mol. The van der Waals surface area contributed by atoms with E-state index in [1.54, 1.807) is 0 Å². The van der Waals surface area contributed by atoms with Gasteiger partial charge < -0.3 is 15.3 Å². The van der Waals surface area contributed by atoms with Crippen LogP contribution in [0.3, 0.4) is 0 Å². The molecule has 3 nitrogen and oxygen atoms in total. The predicted octanol–water partition coefficient (Wildman–Crippen LogP) is 3.17. The van der Waals surface area contributed by atoms with E-state index in [0.29, 0.717) is 11.5 Å². The standard InChI is InChI=1S/C18H36N2O/c1-16(2)19-17(3,15-21)9-12-20-13-10-18(11-14-20)7-5-4-6-8-18/h16,19,21H,4-15H2,1-3H3. The summed E-state index contributed by atoms with van der Waals surface area (Å²) in [5.74, 6) is 0. The van der Waals surface area contributed by atoms with Gasteiger partial charge in [-0.1, -0.05) is 33.1 Å². The Hall–Kier alpha value is -0.120. The number of aliphatic hydroxyl groups is 1. The van der Waals surface area contributed by atoms with E-state index in [2.05, 4.69) is 31.0 Å². The Balaban J connectivity index is 1.75. The number of nitrogens with one attached hydrogen (secondary N) is 1. The summed E-state index contributed by atoms with van der Waals surface area (Å²) in [6, 6.07) is 0.425. The third-order valence-corrected chi connectivity index (χ3v) is 5.80. The first-order chi connectivity index (χ1) is 9.97. The Labute approximate surface area is 131 Å². The maximum absolute atomic E-state index is 9.68. The monoisotopic (exact) mass is 296 g/mol. The lowest BCUT2D eigenvalue weighted by Crippen LogP contribution is -2.51. The number of hydrogen-bond acceptors (Lipinski definition) is 3. The van der Waals surface area contributed by atoms with Crippen LogP contribution in [0.15, 0.2) is 0 Å². The van der Waals surface area contributed by atoms with Gasteiger partial charge in [-0.2, -0.15) is 0 Å². The summed E-state index contributed by atoms with van der Waals surface area (Å²) < 4.78 is 0. The molecule has 1 saturated heterocycles. The Morgan fingerprint density at radius 1 is 1.10 bits per heavy atom. The van der Waals surface area contributed by atoms with E-state index >= 15 is 0 Å². The summed E-state index contributed by atoms with van der Waals surface area (Å²) in [7, 11) is 0. The van der Waals surface area contributed by atoms with Crippen LogP contribution in [0.4, 0.5) is 0 Å². The van der Waals surface area contributed by atoms with Gasteiger partial charge in [-0.05, 0) is 64.1 Å². The molecule has 124 valence electrons. The fraction of sp³-hybridized carbons (Fsp3) is 1.00. The van der Waals surface area contributed by atoms with Gasteiger partial charge in [0, 0.05) is 11.6 Å². The number of likely N-dealkylation sites (tertiary alicyclic amines) is 1. The normalized spacial score (nSPS) is 26.1. The predicted molar refractivity (Wildman–Crippen MR) is 89.6 cm³/mol. The molecule has 2 aliphatic rings. The highest BCUT2D eigenvalue weighted by Gasteiger charge is 2.35. The Bertz CT molecular complexity index is 302. The van der Waals surface area contributed by atoms with E-state index in [9.17, 15) is 5.11 Å². The van der Waals surface area contributed by atoms with Gasteiger partial charge in [0.1, 0.15) is 0 Å². The van der Waals surface area contributed by atoms with E-state index in [0.717, 1.165) is 13.0 Å². The van der Waals surface area contributed by atoms with Gasteiger partial charge in [-0.3, -0.25) is 0 Å². The van der Waals surface area contributed by atoms with Crippen LogP contribution in [0.2, 0.25) is 0 Å². The van der Waals surface area contributed by atoms with E-state index in [-0.39, 0.29) is 12.1 Å². The lowest BCUT2D eigenvalue weighted by molar-refractivity contribution is 0.0579. The van der Waals surface area contributed by atoms with Crippen LogP contribution in [0.25, 0.3) is 0 Å². The molecule has 1 saturated carbocycles. The van der Waals surface area contributed by atoms with Crippen LogP contribution in [0.1, 0.15) is 72.1 Å². The van der Waals surface area contributed by atoms with Gasteiger partial charge in [0.25, 0.3) is 0 Å². The quantitative estimate of drug-likeness (QED) is 0.790. The van der Waals surface area contributed by atoms with Gasteiger partial charge in [-0.25, -0.2) is 0 Å². The molecule has 0 aromatic rings. The van der Waals surface area contributed by atoms with Gasteiger partial charge in [-0.15, -0.1) is 0 Å². The van der Waals surface area contributed by atoms with Gasteiger partial charge in [0.15, 0.2) is 0 Å². The lowest BCUT2D eigenvalue weighted by atomic mass is 9.68. The van der Waals surface area contributed by atoms with E-state index < -0.39 is 0 Å². The van der Waals surface area contributed by atoms with Crippen molar-refractivity contribution in [3.63, 3.8) is 0 Å². The number of rotatable bonds is 6. The zero-order chi connectivity index (χ0) is 15.3. The molecule has 2 N–H and O–H groups in total. The zero-order valence-electron chi connectivity index (χ0n) is 14.5. The van der Waals surface area contributed by atoms with Crippen molar-refractivity contribution in [2.24, 2.45) is 5.41 Å². The van der Waals surface area contributed by atoms with Crippen molar-refractivity contribution in [1.82, 2.24) is 10.2 Å². The molecule has 21 heavy (non-hydrogen) atoms. The molecule has 0 amide bonds. The first kappa shape index (κ1) is 17.2. The highest BCUT2D eigenvalue weighted by molar-refractivity contribution is 4.90. The number of hydrogen-bond donors (Lipinski definition) is 2. The molecule has 1 aliphatic heterocycles. The number of piperidine rings is 1. The number of nitrogens with zero attached hydrogens (tertiary/aromatic N) is 1. The average Bonchev–Trinajstić information content (AvgIpc) is 2.47. The van der Waals surface area contributed by atoms with Crippen LogP contribution < -0.4 is 5.32 Å². The van der Waals surface area contributed by atoms with Crippen molar-refractivity contribution in [3.05, 3.63) is 0 Å². The molecule has 1 unspecified atom stereocenters. The topological polar surface area (TPSA) is 35.5 Å². The second-order valence-corrected chi connectivity index (χ2v) is 8.17. The van der Waals surface area contributed by atoms with Crippen LogP contribution in [0.5, 0.6) is 0 Å². The molecule has 0 bridgehead atoms. The fourth-order valence-electron chi connectivity index (χ4n) is 4.35. The smallest absolute Gasteiger partial charge is 0.0611 e. The first-order valence-corrected chi connectivity index (χ1v) is 9.08. The molecule has 1 heterocycles. The second kappa shape index (κ2) is 7.43. The van der Waals surface area contributed by atoms with Crippen LogP contribution in [-0.2, 0) is 0 Å². The molecule has 0 radical (unpaired) electrons. The minimum Gasteiger partial charge on any atom is -0.394 e. The van der Waals surface area contributed by atoms with Crippen molar-refractivity contribution in [2.45, 2.75) is 83.7 Å². The summed E-state index contributed by atoms with van der Waals surface area (Å²) in [6.45, 7) is 10.3.